The maximum Gasteiger partial charge on any atom is 2.00 e. The van der Waals surface area contributed by atoms with Crippen LogP contribution in [0.5, 0.6) is 0 Å². The van der Waals surface area contributed by atoms with Crippen LogP contribution in [0.3, 0.4) is 0 Å². The van der Waals surface area contributed by atoms with Gasteiger partial charge in [-0.05, 0) is 12.5 Å². The van der Waals surface area contributed by atoms with Gasteiger partial charge in [0.05, 0.1) is 17.9 Å². The van der Waals surface area contributed by atoms with E-state index in [9.17, 15) is 19.8 Å². The minimum absolute atomic E-state index is 0. The first-order valence-electron chi connectivity index (χ1n) is 4.00. The normalized spacial score (nSPS) is 9.47. The monoisotopic (exact) mass is 330 g/mol. The number of benzene rings is 1. The van der Waals surface area contributed by atoms with E-state index in [4.69, 9.17) is 0 Å². The molecule has 0 unspecified atom stereocenters. The second kappa shape index (κ2) is 6.34. The molecule has 4 nitrogen and oxygen atoms in total. The third kappa shape index (κ3) is 4.00. The number of carboxylic acids is 2. The van der Waals surface area contributed by atoms with Crippen LogP contribution in [0.1, 0.15) is 17.0 Å². The summed E-state index contributed by atoms with van der Waals surface area (Å²) >= 11 is 0. The largest absolute Gasteiger partial charge is 2.00 e. The summed E-state index contributed by atoms with van der Waals surface area (Å²) < 4.78 is 0. The molecule has 0 aliphatic carbocycles. The molecule has 0 aliphatic heterocycles. The molecule has 1 aromatic rings. The van der Waals surface area contributed by atoms with E-state index < -0.39 is 17.9 Å². The van der Waals surface area contributed by atoms with Crippen LogP contribution in [0, 0.1) is 6.92 Å². The summed E-state index contributed by atoms with van der Waals surface area (Å²) in [4.78, 5) is 21.0. The van der Waals surface area contributed by atoms with Gasteiger partial charge >= 0.3 is 48.9 Å². The average Bonchev–Trinajstić information content (AvgIpc) is 2.07. The van der Waals surface area contributed by atoms with Crippen molar-refractivity contribution < 1.29 is 19.8 Å². The van der Waals surface area contributed by atoms with Crippen LogP contribution in [0.4, 0.5) is 0 Å². The summed E-state index contributed by atoms with van der Waals surface area (Å²) in [7, 11) is 0. The van der Waals surface area contributed by atoms with E-state index in [1.807, 2.05) is 6.92 Å². The number of hydrogen-bond acceptors (Lipinski definition) is 4. The molecule has 0 aliphatic rings. The molecule has 74 valence electrons. The molecule has 0 radical (unpaired) electrons. The standard InChI is InChI=1S/C10H10O4.Ba/c1-6-2-4-7(5-3-6)8(9(11)12)10(13)14;/h2-5,8H,1H3,(H,11,12)(H,13,14);/q;+2/p-2. The van der Waals surface area contributed by atoms with E-state index in [1.54, 1.807) is 12.1 Å². The number of carbonyl (C=O) groups excluding carboxylic acids is 2. The Morgan fingerprint density at radius 1 is 1.07 bits per heavy atom. The third-order valence-corrected chi connectivity index (χ3v) is 1.88. The number of hydrogen-bond donors (Lipinski definition) is 0. The Morgan fingerprint density at radius 3 is 1.80 bits per heavy atom. The van der Waals surface area contributed by atoms with Gasteiger partial charge in [0.2, 0.25) is 0 Å². The van der Waals surface area contributed by atoms with Gasteiger partial charge in [-0.25, -0.2) is 0 Å². The third-order valence-electron chi connectivity index (χ3n) is 1.88. The van der Waals surface area contributed by atoms with Gasteiger partial charge < -0.3 is 19.8 Å². The molecule has 1 rings (SSSR count). The van der Waals surface area contributed by atoms with Gasteiger partial charge in [0.15, 0.2) is 0 Å². The van der Waals surface area contributed by atoms with Gasteiger partial charge in [-0.3, -0.25) is 0 Å². The smallest absolute Gasteiger partial charge is 0.549 e. The summed E-state index contributed by atoms with van der Waals surface area (Å²) in [5, 5.41) is 21.0. The van der Waals surface area contributed by atoms with Gasteiger partial charge in [0.1, 0.15) is 0 Å². The van der Waals surface area contributed by atoms with Gasteiger partial charge in [0.25, 0.3) is 0 Å². The van der Waals surface area contributed by atoms with E-state index in [0.717, 1.165) is 5.56 Å². The zero-order valence-corrected chi connectivity index (χ0v) is 12.7. The summed E-state index contributed by atoms with van der Waals surface area (Å²) in [6.07, 6.45) is 0. The van der Waals surface area contributed by atoms with Crippen molar-refractivity contribution in [3.05, 3.63) is 35.4 Å². The van der Waals surface area contributed by atoms with Crippen LogP contribution in [0.2, 0.25) is 0 Å². The van der Waals surface area contributed by atoms with Gasteiger partial charge in [-0.1, -0.05) is 29.8 Å². The van der Waals surface area contributed by atoms with E-state index in [-0.39, 0.29) is 54.4 Å². The zero-order chi connectivity index (χ0) is 10.7. The topological polar surface area (TPSA) is 80.3 Å². The van der Waals surface area contributed by atoms with Crippen molar-refractivity contribution in [3.8, 4) is 0 Å². The minimum atomic E-state index is -1.70. The quantitative estimate of drug-likeness (QED) is 0.484. The molecule has 1 aromatic carbocycles. The van der Waals surface area contributed by atoms with Crippen molar-refractivity contribution >= 4 is 60.8 Å². The molecule has 0 N–H and O–H groups in total. The van der Waals surface area contributed by atoms with E-state index in [2.05, 4.69) is 0 Å². The van der Waals surface area contributed by atoms with E-state index in [0.29, 0.717) is 0 Å². The van der Waals surface area contributed by atoms with E-state index in [1.165, 1.54) is 12.1 Å². The Morgan fingerprint density at radius 2 is 1.47 bits per heavy atom. The van der Waals surface area contributed by atoms with Crippen LogP contribution >= 0.6 is 0 Å². The molecule has 0 saturated carbocycles. The van der Waals surface area contributed by atoms with Gasteiger partial charge in [-0.15, -0.1) is 0 Å². The molecule has 0 amide bonds. The SMILES string of the molecule is Cc1ccc(C(C(=O)[O-])C(=O)[O-])cc1.[Ba+2]. The minimum Gasteiger partial charge on any atom is -0.549 e. The van der Waals surface area contributed by atoms with Crippen molar-refractivity contribution in [3.63, 3.8) is 0 Å². The summed E-state index contributed by atoms with van der Waals surface area (Å²) in [6, 6.07) is 6.14. The summed E-state index contributed by atoms with van der Waals surface area (Å²) in [5.74, 6) is -5.02. The second-order valence-corrected chi connectivity index (χ2v) is 2.98. The molecule has 0 heterocycles. The summed E-state index contributed by atoms with van der Waals surface area (Å²) in [5.41, 5.74) is 1.08. The number of aryl methyl sites for hydroxylation is 1. The molecular weight excluding hydrogens is 321 g/mol. The van der Waals surface area contributed by atoms with Crippen molar-refractivity contribution in [1.82, 2.24) is 0 Å². The van der Waals surface area contributed by atoms with Gasteiger partial charge in [-0.2, -0.15) is 0 Å². The summed E-state index contributed by atoms with van der Waals surface area (Å²) in [6.45, 7) is 1.82. The fourth-order valence-corrected chi connectivity index (χ4v) is 1.13. The first-order valence-corrected chi connectivity index (χ1v) is 4.00. The Labute approximate surface area is 127 Å². The molecule has 0 saturated heterocycles. The van der Waals surface area contributed by atoms with E-state index >= 15 is 0 Å². The maximum atomic E-state index is 10.5. The van der Waals surface area contributed by atoms with Crippen molar-refractivity contribution in [2.75, 3.05) is 0 Å². The molecule has 5 heteroatoms. The molecule has 15 heavy (non-hydrogen) atoms. The zero-order valence-electron chi connectivity index (χ0n) is 8.23. The molecule has 0 bridgehead atoms. The molecule has 0 aromatic heterocycles. The maximum absolute atomic E-state index is 10.5. The molecule has 0 fully saturated rings. The first-order chi connectivity index (χ1) is 6.52. The van der Waals surface area contributed by atoms with Crippen LogP contribution in [-0.2, 0) is 9.59 Å². The Bertz CT molecular complexity index is 344. The Hall–Kier alpha value is -0.269. The number of aliphatic carboxylic acids is 2. The van der Waals surface area contributed by atoms with Crippen LogP contribution in [0.15, 0.2) is 24.3 Å². The van der Waals surface area contributed by atoms with Crippen LogP contribution < -0.4 is 10.2 Å². The predicted octanol–water partition coefficient (Wildman–Crippen LogP) is -1.80. The molecule has 0 atom stereocenters. The number of rotatable bonds is 3. The Kier molecular flexibility index (Phi) is 6.23. The fourth-order valence-electron chi connectivity index (χ4n) is 1.13. The predicted molar refractivity (Wildman–Crippen MR) is 49.7 cm³/mol. The van der Waals surface area contributed by atoms with Crippen LogP contribution in [-0.4, -0.2) is 60.8 Å². The first kappa shape index (κ1) is 14.7. The fraction of sp³-hybridized carbons (Fsp3) is 0.200. The Balaban J connectivity index is 0.00000196. The average molecular weight is 329 g/mol. The second-order valence-electron chi connectivity index (χ2n) is 2.98. The number of carboxylic acid groups (broad SMARTS) is 2. The van der Waals surface area contributed by atoms with Crippen molar-refractivity contribution in [2.24, 2.45) is 0 Å². The van der Waals surface area contributed by atoms with Crippen molar-refractivity contribution in [2.45, 2.75) is 12.8 Å². The van der Waals surface area contributed by atoms with Crippen molar-refractivity contribution in [1.29, 1.82) is 0 Å². The molecule has 0 spiro atoms. The van der Waals surface area contributed by atoms with Gasteiger partial charge in [0, 0.05) is 0 Å². The van der Waals surface area contributed by atoms with Crippen LogP contribution in [0.25, 0.3) is 0 Å². The molecular formula is C10H8BaO4. The number of carbonyl (C=O) groups is 2.